The SMILES string of the molecule is CC(C)(F)c1nc(C23CCC(CN(C(=O)NC4CCC(O)CC4)c4ccc(F)c(Br)c4)(CC2)CC3)no1. The number of halogens is 3. The third-order valence-electron chi connectivity index (χ3n) is 8.79. The largest absolute Gasteiger partial charge is 0.393 e. The fourth-order valence-electron chi connectivity index (χ4n) is 6.26. The highest BCUT2D eigenvalue weighted by Crippen LogP contribution is 2.57. The van der Waals surface area contributed by atoms with Crippen molar-refractivity contribution in [1.29, 1.82) is 0 Å². The number of hydrogen-bond donors (Lipinski definition) is 2. The molecule has 2 amide bonds. The Labute approximate surface area is 224 Å². The molecule has 1 aromatic heterocycles. The van der Waals surface area contributed by atoms with Gasteiger partial charge in [0.15, 0.2) is 11.5 Å². The van der Waals surface area contributed by atoms with Crippen LogP contribution in [-0.2, 0) is 11.1 Å². The average Bonchev–Trinajstić information content (AvgIpc) is 3.39. The van der Waals surface area contributed by atoms with Crippen molar-refractivity contribution in [3.63, 3.8) is 0 Å². The van der Waals surface area contributed by atoms with Crippen LogP contribution in [0.3, 0.4) is 0 Å². The van der Waals surface area contributed by atoms with Gasteiger partial charge in [-0.25, -0.2) is 13.6 Å². The number of aliphatic hydroxyl groups excluding tert-OH is 1. The third kappa shape index (κ3) is 5.41. The summed E-state index contributed by atoms with van der Waals surface area (Å²) in [5.41, 5.74) is -1.33. The molecule has 4 fully saturated rings. The molecule has 2 bridgehead atoms. The Hall–Kier alpha value is -2.07. The van der Waals surface area contributed by atoms with Crippen molar-refractivity contribution in [1.82, 2.24) is 15.5 Å². The maximum Gasteiger partial charge on any atom is 0.322 e. The van der Waals surface area contributed by atoms with Crippen LogP contribution < -0.4 is 10.2 Å². The zero-order valence-corrected chi connectivity index (χ0v) is 23.0. The van der Waals surface area contributed by atoms with E-state index in [9.17, 15) is 18.7 Å². The molecule has 0 saturated heterocycles. The monoisotopic (exact) mass is 580 g/mol. The summed E-state index contributed by atoms with van der Waals surface area (Å²) < 4.78 is 33.9. The Bertz CT molecular complexity index is 1120. The second kappa shape index (κ2) is 9.91. The number of carbonyl (C=O) groups is 1. The Balaban J connectivity index is 1.33. The number of hydrogen-bond acceptors (Lipinski definition) is 5. The topological polar surface area (TPSA) is 91.5 Å². The van der Waals surface area contributed by atoms with E-state index in [4.69, 9.17) is 4.52 Å². The number of aromatic nitrogens is 2. The highest BCUT2D eigenvalue weighted by Gasteiger charge is 2.53. The molecule has 0 radical (unpaired) electrons. The molecule has 0 aliphatic heterocycles. The molecule has 2 aromatic rings. The van der Waals surface area contributed by atoms with Crippen LogP contribution >= 0.6 is 15.9 Å². The van der Waals surface area contributed by atoms with Gasteiger partial charge in [-0.2, -0.15) is 4.98 Å². The highest BCUT2D eigenvalue weighted by molar-refractivity contribution is 9.10. The summed E-state index contributed by atoms with van der Waals surface area (Å²) in [6.07, 6.45) is 7.74. The van der Waals surface area contributed by atoms with E-state index in [0.29, 0.717) is 35.4 Å². The van der Waals surface area contributed by atoms with Crippen LogP contribution in [-0.4, -0.2) is 40.0 Å². The summed E-state index contributed by atoms with van der Waals surface area (Å²) in [4.78, 5) is 19.8. The average molecular weight is 582 g/mol. The molecule has 0 atom stereocenters. The first-order chi connectivity index (χ1) is 17.5. The molecule has 4 aliphatic rings. The van der Waals surface area contributed by atoms with Gasteiger partial charge >= 0.3 is 6.03 Å². The van der Waals surface area contributed by atoms with Crippen molar-refractivity contribution in [3.05, 3.63) is 40.2 Å². The van der Waals surface area contributed by atoms with E-state index in [1.54, 1.807) is 17.0 Å². The molecular formula is C27H35BrF2N4O3. The molecule has 4 aliphatic carbocycles. The first-order valence-corrected chi connectivity index (χ1v) is 14.0. The van der Waals surface area contributed by atoms with Crippen LogP contribution in [0, 0.1) is 11.2 Å². The number of fused-ring (bicyclic) bond motifs is 3. The van der Waals surface area contributed by atoms with Crippen LogP contribution in [0.15, 0.2) is 27.2 Å². The number of nitrogens with zero attached hydrogens (tertiary/aromatic N) is 3. The second-order valence-electron chi connectivity index (χ2n) is 11.8. The molecule has 37 heavy (non-hydrogen) atoms. The minimum absolute atomic E-state index is 0.0114. The van der Waals surface area contributed by atoms with Gasteiger partial charge in [0.25, 0.3) is 5.89 Å². The van der Waals surface area contributed by atoms with Gasteiger partial charge in [0.2, 0.25) is 0 Å². The van der Waals surface area contributed by atoms with Crippen LogP contribution in [0.2, 0.25) is 0 Å². The normalized spacial score (nSPS) is 29.8. The molecule has 6 rings (SSSR count). The van der Waals surface area contributed by atoms with Gasteiger partial charge in [-0.3, -0.25) is 4.90 Å². The predicted molar refractivity (Wildman–Crippen MR) is 138 cm³/mol. The maximum atomic E-state index is 14.3. The quantitative estimate of drug-likeness (QED) is 0.419. The van der Waals surface area contributed by atoms with E-state index in [0.717, 1.165) is 51.4 Å². The van der Waals surface area contributed by atoms with Crippen LogP contribution in [0.25, 0.3) is 0 Å². The van der Waals surface area contributed by atoms with E-state index in [2.05, 4.69) is 31.4 Å². The molecule has 1 aromatic carbocycles. The second-order valence-corrected chi connectivity index (χ2v) is 12.7. The lowest BCUT2D eigenvalue weighted by atomic mass is 9.53. The molecule has 0 unspecified atom stereocenters. The van der Waals surface area contributed by atoms with E-state index >= 15 is 0 Å². The summed E-state index contributed by atoms with van der Waals surface area (Å²) in [6, 6.07) is 4.51. The Morgan fingerprint density at radius 2 is 1.84 bits per heavy atom. The van der Waals surface area contributed by atoms with Crippen LogP contribution in [0.4, 0.5) is 19.3 Å². The standard InChI is InChI=1S/C27H35BrF2N4O3/c1-25(2,30)23-32-22(33-37-23)27-12-9-26(10-13-27,11-14-27)16-34(18-5-8-21(29)20(28)15-18)24(36)31-17-3-6-19(35)7-4-17/h5,8,15,17,19,35H,3-4,6-7,9-14,16H2,1-2H3,(H,31,36). The summed E-state index contributed by atoms with van der Waals surface area (Å²) in [5.74, 6) is 0.233. The Morgan fingerprint density at radius 3 is 2.41 bits per heavy atom. The molecule has 7 nitrogen and oxygen atoms in total. The smallest absolute Gasteiger partial charge is 0.322 e. The third-order valence-corrected chi connectivity index (χ3v) is 9.40. The van der Waals surface area contributed by atoms with Crippen LogP contribution in [0.1, 0.15) is 89.8 Å². The van der Waals surface area contributed by atoms with Gasteiger partial charge in [-0.1, -0.05) is 5.16 Å². The minimum atomic E-state index is -1.68. The van der Waals surface area contributed by atoms with E-state index in [1.807, 2.05) is 0 Å². The van der Waals surface area contributed by atoms with Gasteiger partial charge in [0.05, 0.1) is 10.6 Å². The fourth-order valence-corrected chi connectivity index (χ4v) is 6.62. The highest BCUT2D eigenvalue weighted by atomic mass is 79.9. The van der Waals surface area contributed by atoms with Crippen LogP contribution in [0.5, 0.6) is 0 Å². The number of alkyl halides is 1. The zero-order valence-electron chi connectivity index (χ0n) is 21.4. The van der Waals surface area contributed by atoms with Gasteiger partial charge in [-0.05, 0) is 118 Å². The number of nitrogens with one attached hydrogen (secondary N) is 1. The number of rotatable bonds is 6. The van der Waals surface area contributed by atoms with Gasteiger partial charge in [0, 0.05) is 23.7 Å². The van der Waals surface area contributed by atoms with Gasteiger partial charge < -0.3 is 14.9 Å². The van der Waals surface area contributed by atoms with E-state index in [-0.39, 0.29) is 40.7 Å². The van der Waals surface area contributed by atoms with Crippen molar-refractivity contribution in [2.24, 2.45) is 5.41 Å². The number of benzene rings is 1. The molecule has 2 N–H and O–H groups in total. The lowest BCUT2D eigenvalue weighted by molar-refractivity contribution is 0.0405. The number of carbonyl (C=O) groups excluding carboxylic acids is 1. The maximum absolute atomic E-state index is 14.3. The molecule has 4 saturated carbocycles. The minimum Gasteiger partial charge on any atom is -0.393 e. The zero-order chi connectivity index (χ0) is 26.4. The Kier molecular flexibility index (Phi) is 7.11. The number of aliphatic hydroxyl groups is 1. The molecular weight excluding hydrogens is 546 g/mol. The predicted octanol–water partition coefficient (Wildman–Crippen LogP) is 6.29. The van der Waals surface area contributed by atoms with E-state index in [1.165, 1.54) is 19.9 Å². The number of amides is 2. The summed E-state index contributed by atoms with van der Waals surface area (Å²) in [5, 5.41) is 17.2. The molecule has 202 valence electrons. The van der Waals surface area contributed by atoms with Crippen molar-refractivity contribution in [2.75, 3.05) is 11.4 Å². The molecule has 1 heterocycles. The van der Waals surface area contributed by atoms with Crippen molar-refractivity contribution in [2.45, 2.75) is 101 Å². The summed E-state index contributed by atoms with van der Waals surface area (Å²) in [6.45, 7) is 3.35. The molecule has 10 heteroatoms. The first kappa shape index (κ1) is 26.5. The summed E-state index contributed by atoms with van der Waals surface area (Å²) >= 11 is 3.27. The number of anilines is 1. The fraction of sp³-hybridized carbons (Fsp3) is 0.667. The Morgan fingerprint density at radius 1 is 1.19 bits per heavy atom. The lowest BCUT2D eigenvalue weighted by Crippen LogP contribution is -2.54. The van der Waals surface area contributed by atoms with Gasteiger partial charge in [-0.15, -0.1) is 0 Å². The molecule has 0 spiro atoms. The van der Waals surface area contributed by atoms with Crippen molar-refractivity contribution >= 4 is 27.6 Å². The van der Waals surface area contributed by atoms with Crippen molar-refractivity contribution in [3.8, 4) is 0 Å². The first-order valence-electron chi connectivity index (χ1n) is 13.2. The number of urea groups is 1. The van der Waals surface area contributed by atoms with Gasteiger partial charge in [0.1, 0.15) is 5.82 Å². The lowest BCUT2D eigenvalue weighted by Gasteiger charge is -2.53. The summed E-state index contributed by atoms with van der Waals surface area (Å²) in [7, 11) is 0. The van der Waals surface area contributed by atoms with Crippen molar-refractivity contribution < 1.29 is 23.2 Å². The van der Waals surface area contributed by atoms with E-state index < -0.39 is 5.67 Å².